The van der Waals surface area contributed by atoms with E-state index in [4.69, 9.17) is 9.84 Å². The summed E-state index contributed by atoms with van der Waals surface area (Å²) in [4.78, 5) is 21.1. The zero-order valence-corrected chi connectivity index (χ0v) is 11.9. The number of benzene rings is 1. The Morgan fingerprint density at radius 3 is 2.86 bits per heavy atom. The lowest BCUT2D eigenvalue weighted by Crippen LogP contribution is -2.32. The highest BCUT2D eigenvalue weighted by atomic mass is 16.5. The molecule has 0 aliphatic rings. The molecular weight excluding hydrogens is 274 g/mol. The monoisotopic (exact) mass is 291 g/mol. The van der Waals surface area contributed by atoms with Crippen LogP contribution < -0.4 is 4.90 Å². The topological polar surface area (TPSA) is 95.8 Å². The minimum atomic E-state index is -0.999. The van der Waals surface area contributed by atoms with Gasteiger partial charge < -0.3 is 19.8 Å². The van der Waals surface area contributed by atoms with Gasteiger partial charge in [-0.2, -0.15) is 0 Å². The van der Waals surface area contributed by atoms with Crippen LogP contribution in [-0.4, -0.2) is 59.6 Å². The van der Waals surface area contributed by atoms with Gasteiger partial charge in [0.15, 0.2) is 0 Å². The van der Waals surface area contributed by atoms with Crippen molar-refractivity contribution in [1.82, 2.24) is 9.97 Å². The van der Waals surface area contributed by atoms with E-state index in [1.807, 2.05) is 0 Å². The molecule has 0 spiro atoms. The summed E-state index contributed by atoms with van der Waals surface area (Å²) < 4.78 is 4.90. The molecule has 2 N–H and O–H groups in total. The summed E-state index contributed by atoms with van der Waals surface area (Å²) in [6.45, 7) is 0.581. The van der Waals surface area contributed by atoms with Crippen molar-refractivity contribution in [1.29, 1.82) is 0 Å². The van der Waals surface area contributed by atoms with Crippen LogP contribution in [0, 0.1) is 0 Å². The number of carboxylic acid groups (broad SMARTS) is 1. The number of carbonyl (C=O) groups is 1. The normalized spacial score (nSPS) is 12.3. The van der Waals surface area contributed by atoms with Crippen molar-refractivity contribution in [3.8, 4) is 0 Å². The van der Waals surface area contributed by atoms with Crippen molar-refractivity contribution in [3.63, 3.8) is 0 Å². The second-order valence-electron chi connectivity index (χ2n) is 4.72. The summed E-state index contributed by atoms with van der Waals surface area (Å²) in [6, 6.07) is 4.69. The second kappa shape index (κ2) is 6.47. The molecule has 0 radical (unpaired) electrons. The molecule has 1 unspecified atom stereocenters. The SMILES string of the molecule is COCC(O)CN(C)c1ncnc2cc(C(=O)O)ccc12. The Balaban J connectivity index is 2.33. The smallest absolute Gasteiger partial charge is 0.335 e. The van der Waals surface area contributed by atoms with Crippen molar-refractivity contribution in [2.24, 2.45) is 0 Å². The van der Waals surface area contributed by atoms with Gasteiger partial charge in [-0.15, -0.1) is 0 Å². The van der Waals surface area contributed by atoms with Gasteiger partial charge in [-0.1, -0.05) is 0 Å². The maximum atomic E-state index is 11.0. The van der Waals surface area contributed by atoms with Gasteiger partial charge >= 0.3 is 5.97 Å². The van der Waals surface area contributed by atoms with Crippen LogP contribution in [0.4, 0.5) is 5.82 Å². The molecule has 0 aliphatic carbocycles. The number of anilines is 1. The van der Waals surface area contributed by atoms with Crippen molar-refractivity contribution in [2.45, 2.75) is 6.10 Å². The molecule has 0 fully saturated rings. The van der Waals surface area contributed by atoms with Gasteiger partial charge in [0, 0.05) is 26.1 Å². The summed E-state index contributed by atoms with van der Waals surface area (Å²) in [5.41, 5.74) is 0.724. The number of aromatic nitrogens is 2. The first kappa shape index (κ1) is 15.1. The molecule has 21 heavy (non-hydrogen) atoms. The van der Waals surface area contributed by atoms with E-state index in [1.165, 1.54) is 25.6 Å². The van der Waals surface area contributed by atoms with Crippen LogP contribution in [0.1, 0.15) is 10.4 Å². The highest BCUT2D eigenvalue weighted by Crippen LogP contribution is 2.23. The fourth-order valence-corrected chi connectivity index (χ4v) is 2.13. The second-order valence-corrected chi connectivity index (χ2v) is 4.72. The number of carboxylic acids is 1. The maximum absolute atomic E-state index is 11.0. The average Bonchev–Trinajstić information content (AvgIpc) is 2.46. The third-order valence-electron chi connectivity index (χ3n) is 3.07. The largest absolute Gasteiger partial charge is 0.478 e. The van der Waals surface area contributed by atoms with Gasteiger partial charge in [-0.05, 0) is 18.2 Å². The lowest BCUT2D eigenvalue weighted by molar-refractivity contribution is 0.0693. The number of nitrogens with zero attached hydrogens (tertiary/aromatic N) is 3. The number of methoxy groups -OCH3 is 1. The molecule has 7 nitrogen and oxygen atoms in total. The van der Waals surface area contributed by atoms with Gasteiger partial charge in [0.2, 0.25) is 0 Å². The van der Waals surface area contributed by atoms with Crippen LogP contribution in [0.25, 0.3) is 10.9 Å². The molecule has 0 saturated heterocycles. The Hall–Kier alpha value is -2.25. The first-order valence-corrected chi connectivity index (χ1v) is 6.39. The van der Waals surface area contributed by atoms with Gasteiger partial charge in [0.05, 0.1) is 23.8 Å². The number of likely N-dealkylation sites (N-methyl/N-ethyl adjacent to an activating group) is 1. The number of aliphatic hydroxyl groups is 1. The van der Waals surface area contributed by atoms with E-state index in [1.54, 1.807) is 18.0 Å². The summed E-state index contributed by atoms with van der Waals surface area (Å²) in [5.74, 6) is -0.368. The third kappa shape index (κ3) is 3.45. The van der Waals surface area contributed by atoms with Crippen LogP contribution in [0.5, 0.6) is 0 Å². The molecule has 0 bridgehead atoms. The standard InChI is InChI=1S/C14H17N3O4/c1-17(6-10(18)7-21-2)13-11-4-3-9(14(19)20)5-12(11)15-8-16-13/h3-5,8,10,18H,6-7H2,1-2H3,(H,19,20). The first-order valence-electron chi connectivity index (χ1n) is 6.39. The van der Waals surface area contributed by atoms with Crippen LogP contribution in [0.2, 0.25) is 0 Å². The minimum absolute atomic E-state index is 0.175. The Morgan fingerprint density at radius 2 is 2.19 bits per heavy atom. The molecule has 1 aromatic heterocycles. The quantitative estimate of drug-likeness (QED) is 0.811. The molecule has 112 valence electrons. The number of fused-ring (bicyclic) bond motifs is 1. The predicted molar refractivity (Wildman–Crippen MR) is 77.7 cm³/mol. The van der Waals surface area contributed by atoms with Crippen LogP contribution in [-0.2, 0) is 4.74 Å². The Kier molecular flexibility index (Phi) is 4.66. The van der Waals surface area contributed by atoms with Crippen molar-refractivity contribution in [3.05, 3.63) is 30.1 Å². The van der Waals surface area contributed by atoms with E-state index >= 15 is 0 Å². The fraction of sp³-hybridized carbons (Fsp3) is 0.357. The van der Waals surface area contributed by atoms with E-state index in [0.29, 0.717) is 17.9 Å². The van der Waals surface area contributed by atoms with E-state index in [2.05, 4.69) is 9.97 Å². The summed E-state index contributed by atoms with van der Waals surface area (Å²) in [5, 5.41) is 19.5. The highest BCUT2D eigenvalue weighted by Gasteiger charge is 2.14. The number of aliphatic hydroxyl groups excluding tert-OH is 1. The molecule has 2 aromatic rings. The van der Waals surface area contributed by atoms with Gasteiger partial charge in [-0.25, -0.2) is 14.8 Å². The molecule has 1 atom stereocenters. The van der Waals surface area contributed by atoms with Gasteiger partial charge in [0.25, 0.3) is 0 Å². The Labute approximate surface area is 121 Å². The van der Waals surface area contributed by atoms with E-state index in [9.17, 15) is 9.90 Å². The number of ether oxygens (including phenoxy) is 1. The zero-order valence-electron chi connectivity index (χ0n) is 11.9. The van der Waals surface area contributed by atoms with E-state index < -0.39 is 12.1 Å². The lowest BCUT2D eigenvalue weighted by atomic mass is 10.1. The number of hydrogen-bond donors (Lipinski definition) is 2. The molecule has 0 saturated carbocycles. The van der Waals surface area contributed by atoms with Gasteiger partial charge in [0.1, 0.15) is 12.1 Å². The average molecular weight is 291 g/mol. The molecule has 1 aromatic carbocycles. The third-order valence-corrected chi connectivity index (χ3v) is 3.07. The maximum Gasteiger partial charge on any atom is 0.335 e. The molecule has 0 aliphatic heterocycles. The number of hydrogen-bond acceptors (Lipinski definition) is 6. The van der Waals surface area contributed by atoms with E-state index in [0.717, 1.165) is 5.39 Å². The first-order chi connectivity index (χ1) is 10.0. The van der Waals surface area contributed by atoms with E-state index in [-0.39, 0.29) is 12.2 Å². The molecular formula is C14H17N3O4. The fourth-order valence-electron chi connectivity index (χ4n) is 2.13. The number of rotatable bonds is 6. The molecule has 2 rings (SSSR count). The number of aromatic carboxylic acids is 1. The van der Waals surface area contributed by atoms with Crippen molar-refractivity contribution in [2.75, 3.05) is 32.2 Å². The predicted octanol–water partition coefficient (Wildman–Crippen LogP) is 0.771. The summed E-state index contributed by atoms with van der Waals surface area (Å²) in [7, 11) is 3.32. The highest BCUT2D eigenvalue weighted by molar-refractivity contribution is 5.96. The minimum Gasteiger partial charge on any atom is -0.478 e. The molecule has 1 heterocycles. The van der Waals surface area contributed by atoms with Crippen LogP contribution in [0.3, 0.4) is 0 Å². The summed E-state index contributed by atoms with van der Waals surface area (Å²) in [6.07, 6.45) is 0.742. The zero-order chi connectivity index (χ0) is 15.4. The van der Waals surface area contributed by atoms with Crippen molar-refractivity contribution >= 4 is 22.7 Å². The lowest BCUT2D eigenvalue weighted by Gasteiger charge is -2.22. The van der Waals surface area contributed by atoms with Crippen LogP contribution in [0.15, 0.2) is 24.5 Å². The Morgan fingerprint density at radius 1 is 1.43 bits per heavy atom. The summed E-state index contributed by atoms with van der Waals surface area (Å²) >= 11 is 0. The molecule has 0 amide bonds. The molecule has 7 heteroatoms. The Bertz CT molecular complexity index is 647. The van der Waals surface area contributed by atoms with Gasteiger partial charge in [-0.3, -0.25) is 0 Å². The van der Waals surface area contributed by atoms with Crippen molar-refractivity contribution < 1.29 is 19.7 Å². The van der Waals surface area contributed by atoms with Crippen LogP contribution >= 0.6 is 0 Å².